The molecule has 0 aromatic heterocycles. The summed E-state index contributed by atoms with van der Waals surface area (Å²) in [6.07, 6.45) is -4.16. The Morgan fingerprint density at radius 3 is 2.21 bits per heavy atom. The largest absolute Gasteiger partial charge is 0.573 e. The van der Waals surface area contributed by atoms with E-state index < -0.39 is 6.36 Å². The van der Waals surface area contributed by atoms with Crippen molar-refractivity contribution in [2.24, 2.45) is 0 Å². The molecule has 170 valence electrons. The zero-order valence-corrected chi connectivity index (χ0v) is 18.6. The molecule has 0 fully saturated rings. The molecule has 1 unspecified atom stereocenters. The SMILES string of the molecule is N#Cc1ccc(CC(NNC(=S)Nc2ccc(OC(F)(F)F)cc2)c2ccc(Cl)cc2)cc1. The van der Waals surface area contributed by atoms with Crippen LogP contribution < -0.4 is 20.9 Å². The molecule has 0 saturated heterocycles. The number of rotatable bonds is 7. The number of halogens is 4. The molecule has 0 aliphatic carbocycles. The van der Waals surface area contributed by atoms with E-state index in [0.717, 1.165) is 11.1 Å². The molecule has 0 spiro atoms. The van der Waals surface area contributed by atoms with E-state index in [4.69, 9.17) is 29.1 Å². The highest BCUT2D eigenvalue weighted by molar-refractivity contribution is 7.80. The van der Waals surface area contributed by atoms with E-state index in [1.165, 1.54) is 24.3 Å². The number of nitrogens with one attached hydrogen (secondary N) is 3. The summed E-state index contributed by atoms with van der Waals surface area (Å²) in [6, 6.07) is 21.7. The van der Waals surface area contributed by atoms with Gasteiger partial charge in [0.2, 0.25) is 0 Å². The number of thiocarbonyl (C=S) groups is 1. The lowest BCUT2D eigenvalue weighted by Crippen LogP contribution is -2.43. The molecule has 0 saturated carbocycles. The van der Waals surface area contributed by atoms with Gasteiger partial charge in [-0.25, -0.2) is 5.43 Å². The first-order chi connectivity index (χ1) is 15.7. The standard InChI is InChI=1S/C23H18ClF3N4OS/c24-18-7-5-17(6-8-18)21(13-15-1-3-16(14-28)4-2-15)30-31-22(33)29-19-9-11-20(12-10-19)32-23(25,26)27/h1-12,21,30H,13H2,(H2,29,31,33). The van der Waals surface area contributed by atoms with Crippen LogP contribution in [0.25, 0.3) is 0 Å². The lowest BCUT2D eigenvalue weighted by Gasteiger charge is -2.21. The minimum atomic E-state index is -4.75. The van der Waals surface area contributed by atoms with E-state index in [9.17, 15) is 13.2 Å². The summed E-state index contributed by atoms with van der Waals surface area (Å²) in [5.74, 6) is -0.324. The third-order valence-electron chi connectivity index (χ3n) is 4.50. The van der Waals surface area contributed by atoms with Crippen molar-refractivity contribution < 1.29 is 17.9 Å². The number of ether oxygens (including phenoxy) is 1. The van der Waals surface area contributed by atoms with Crippen LogP contribution >= 0.6 is 23.8 Å². The van der Waals surface area contributed by atoms with Crippen LogP contribution in [0.1, 0.15) is 22.7 Å². The van der Waals surface area contributed by atoms with Crippen molar-refractivity contribution in [3.63, 3.8) is 0 Å². The average molecular weight is 491 g/mol. The lowest BCUT2D eigenvalue weighted by molar-refractivity contribution is -0.274. The first-order valence-corrected chi connectivity index (χ1v) is 10.4. The van der Waals surface area contributed by atoms with E-state index in [1.807, 2.05) is 24.3 Å². The topological polar surface area (TPSA) is 69.1 Å². The number of hydrogen-bond donors (Lipinski definition) is 3. The maximum atomic E-state index is 12.3. The molecule has 3 rings (SSSR count). The molecule has 3 aromatic rings. The molecule has 33 heavy (non-hydrogen) atoms. The zero-order valence-electron chi connectivity index (χ0n) is 17.0. The molecular formula is C23H18ClF3N4OS. The predicted octanol–water partition coefficient (Wildman–Crippen LogP) is 5.89. The second-order valence-electron chi connectivity index (χ2n) is 6.91. The number of hydrogen-bond acceptors (Lipinski definition) is 4. The summed E-state index contributed by atoms with van der Waals surface area (Å²) in [6.45, 7) is 0. The summed E-state index contributed by atoms with van der Waals surface area (Å²) < 4.78 is 40.7. The van der Waals surface area contributed by atoms with Crippen LogP contribution in [0.4, 0.5) is 18.9 Å². The van der Waals surface area contributed by atoms with E-state index >= 15 is 0 Å². The van der Waals surface area contributed by atoms with Gasteiger partial charge in [0.25, 0.3) is 0 Å². The number of nitriles is 1. The Hall–Kier alpha value is -3.32. The number of alkyl halides is 3. The number of benzene rings is 3. The minimum Gasteiger partial charge on any atom is -0.406 e. The van der Waals surface area contributed by atoms with Crippen LogP contribution in [0, 0.1) is 11.3 Å². The Bertz CT molecular complexity index is 1110. The first kappa shape index (κ1) is 24.3. The highest BCUT2D eigenvalue weighted by Gasteiger charge is 2.30. The quantitative estimate of drug-likeness (QED) is 0.283. The number of nitrogens with zero attached hydrogens (tertiary/aromatic N) is 1. The van der Waals surface area contributed by atoms with Gasteiger partial charge in [0.15, 0.2) is 5.11 Å². The Kier molecular flexibility index (Phi) is 8.11. The lowest BCUT2D eigenvalue weighted by atomic mass is 9.99. The molecule has 3 N–H and O–H groups in total. The van der Waals surface area contributed by atoms with Crippen molar-refractivity contribution in [2.45, 2.75) is 18.8 Å². The van der Waals surface area contributed by atoms with Crippen molar-refractivity contribution in [1.82, 2.24) is 10.9 Å². The van der Waals surface area contributed by atoms with Crippen molar-refractivity contribution in [2.75, 3.05) is 5.32 Å². The van der Waals surface area contributed by atoms with Crippen LogP contribution in [0.5, 0.6) is 5.75 Å². The van der Waals surface area contributed by atoms with E-state index in [0.29, 0.717) is 22.7 Å². The molecular weight excluding hydrogens is 473 g/mol. The summed E-state index contributed by atoms with van der Waals surface area (Å²) in [4.78, 5) is 0. The van der Waals surface area contributed by atoms with Gasteiger partial charge in [0, 0.05) is 10.7 Å². The summed E-state index contributed by atoms with van der Waals surface area (Å²) >= 11 is 11.3. The molecule has 0 heterocycles. The van der Waals surface area contributed by atoms with Gasteiger partial charge in [-0.1, -0.05) is 35.9 Å². The average Bonchev–Trinajstić information content (AvgIpc) is 2.78. The van der Waals surface area contributed by atoms with Crippen molar-refractivity contribution in [3.05, 3.63) is 94.5 Å². The molecule has 1 atom stereocenters. The van der Waals surface area contributed by atoms with Gasteiger partial charge in [0.05, 0.1) is 17.7 Å². The molecule has 10 heteroatoms. The molecule has 0 amide bonds. The Morgan fingerprint density at radius 1 is 1.00 bits per heavy atom. The second-order valence-corrected chi connectivity index (χ2v) is 7.76. The fourth-order valence-electron chi connectivity index (χ4n) is 2.95. The van der Waals surface area contributed by atoms with Gasteiger partial charge < -0.3 is 10.1 Å². The second kappa shape index (κ2) is 11.0. The van der Waals surface area contributed by atoms with E-state index in [2.05, 4.69) is 27.0 Å². The highest BCUT2D eigenvalue weighted by Crippen LogP contribution is 2.24. The van der Waals surface area contributed by atoms with Crippen molar-refractivity contribution in [3.8, 4) is 11.8 Å². The zero-order chi connectivity index (χ0) is 23.8. The van der Waals surface area contributed by atoms with Crippen LogP contribution in [0.2, 0.25) is 5.02 Å². The normalized spacial score (nSPS) is 11.8. The van der Waals surface area contributed by atoms with Crippen molar-refractivity contribution in [1.29, 1.82) is 5.26 Å². The molecule has 0 bridgehead atoms. The van der Waals surface area contributed by atoms with E-state index in [-0.39, 0.29) is 16.9 Å². The van der Waals surface area contributed by atoms with Gasteiger partial charge in [-0.3, -0.25) is 5.43 Å². The monoisotopic (exact) mass is 490 g/mol. The smallest absolute Gasteiger partial charge is 0.406 e. The number of anilines is 1. The van der Waals surface area contributed by atoms with Gasteiger partial charge >= 0.3 is 6.36 Å². The fraction of sp³-hybridized carbons (Fsp3) is 0.130. The van der Waals surface area contributed by atoms with Crippen molar-refractivity contribution >= 4 is 34.6 Å². The first-order valence-electron chi connectivity index (χ1n) is 9.65. The fourth-order valence-corrected chi connectivity index (χ4v) is 3.26. The Labute approximate surface area is 199 Å². The van der Waals surface area contributed by atoms with Crippen LogP contribution in [-0.4, -0.2) is 11.5 Å². The van der Waals surface area contributed by atoms with Gasteiger partial charge in [-0.05, 0) is 78.3 Å². The Morgan fingerprint density at radius 2 is 1.64 bits per heavy atom. The summed E-state index contributed by atoms with van der Waals surface area (Å²) in [5, 5.41) is 12.7. The Balaban J connectivity index is 1.63. The number of hydrazine groups is 1. The highest BCUT2D eigenvalue weighted by atomic mass is 35.5. The van der Waals surface area contributed by atoms with Crippen LogP contribution in [0.15, 0.2) is 72.8 Å². The minimum absolute atomic E-state index is 0.197. The maximum absolute atomic E-state index is 12.3. The van der Waals surface area contributed by atoms with Gasteiger partial charge in [-0.2, -0.15) is 5.26 Å². The summed E-state index contributed by atoms with van der Waals surface area (Å²) in [7, 11) is 0. The predicted molar refractivity (Wildman–Crippen MR) is 125 cm³/mol. The van der Waals surface area contributed by atoms with Gasteiger partial charge in [0.1, 0.15) is 5.75 Å². The molecule has 3 aromatic carbocycles. The van der Waals surface area contributed by atoms with Crippen LogP contribution in [0.3, 0.4) is 0 Å². The molecule has 0 radical (unpaired) electrons. The maximum Gasteiger partial charge on any atom is 0.573 e. The van der Waals surface area contributed by atoms with Gasteiger partial charge in [-0.15, -0.1) is 13.2 Å². The molecule has 0 aliphatic rings. The third-order valence-corrected chi connectivity index (χ3v) is 4.96. The summed E-state index contributed by atoms with van der Waals surface area (Å²) in [5.41, 5.74) is 9.09. The molecule has 0 aliphatic heterocycles. The van der Waals surface area contributed by atoms with Crippen LogP contribution in [-0.2, 0) is 6.42 Å². The van der Waals surface area contributed by atoms with E-state index in [1.54, 1.807) is 24.3 Å². The third kappa shape index (κ3) is 7.95. The molecule has 5 nitrogen and oxygen atoms in total.